The molecular weight excluding hydrogens is 1190 g/mol. The maximum atomic E-state index is 5.41. The largest absolute Gasteiger partial charge is 1.00 e. The van der Waals surface area contributed by atoms with Gasteiger partial charge in [-0.3, -0.25) is 0 Å². The van der Waals surface area contributed by atoms with Crippen LogP contribution in [0.1, 0.15) is 99.9 Å². The fraction of sp³-hybridized carbons (Fsp3) is 0.128. The number of hydrogen-bond acceptors (Lipinski definition) is 4. The summed E-state index contributed by atoms with van der Waals surface area (Å²) < 4.78 is 0. The Labute approximate surface area is 593 Å². The molecule has 0 saturated heterocycles. The van der Waals surface area contributed by atoms with Crippen LogP contribution in [0.3, 0.4) is 0 Å². The molecule has 0 atom stereocenters. The zero-order valence-corrected chi connectivity index (χ0v) is 57.5. The first-order valence-corrected chi connectivity index (χ1v) is 34.1. The molecule has 0 amide bonds. The monoisotopic (exact) mass is 1260 g/mol. The molecule has 4 aromatic heterocycles. The van der Waals surface area contributed by atoms with Gasteiger partial charge < -0.3 is 0 Å². The van der Waals surface area contributed by atoms with Gasteiger partial charge in [-0.25, -0.2) is 19.9 Å². The molecule has 0 bridgehead atoms. The van der Waals surface area contributed by atoms with Crippen LogP contribution >= 0.6 is 0 Å². The van der Waals surface area contributed by atoms with Gasteiger partial charge in [0.05, 0.1) is 28.6 Å². The van der Waals surface area contributed by atoms with E-state index in [9.17, 15) is 0 Å². The second-order valence-electron chi connectivity index (χ2n) is 28.8. The first-order valence-electron chi connectivity index (χ1n) is 34.1. The third kappa shape index (κ3) is 10.5. The summed E-state index contributed by atoms with van der Waals surface area (Å²) in [6.45, 7) is 18.6. The van der Waals surface area contributed by atoms with Gasteiger partial charge in [0, 0.05) is 89.8 Å². The summed E-state index contributed by atoms with van der Waals surface area (Å²) in [6, 6.07) is 96.8. The standard InChI is InChI=1S/C50H38N2.C38H29N2.C6H5.Li/c1-49(2)42-21-13-11-19-36(42)38-25-23-33(29-44(38)49)40-27-35-28-41(34-24-26-39-37-20-12-14-22-43(37)50(3,4)45(39)30-34)47(32-17-9-6-10-18-32)52-48(35)51-46(40)31-15-7-5-8-16-31;1-37(2)32-11-7-5-9-28(32)30-15-13-23(19-34(30)37)26-17-25-18-27(22-40-36(25)39-21-26)24-14-16-31-29-10-6-8-12-33(29)38(3,4)35(31)20-24;1-2-4-6-5-3-1;/h5-30H,1-4H3;5,7-22H,1-4H3;1-5H;/q;+1;-1;+1. The van der Waals surface area contributed by atoms with Gasteiger partial charge in [0.25, 0.3) is 0 Å². The Kier molecular flexibility index (Phi) is 15.4. The van der Waals surface area contributed by atoms with Crippen LogP contribution in [-0.4, -0.2) is 19.9 Å². The number of nitrogens with zero attached hydrogens (tertiary/aromatic N) is 4. The van der Waals surface area contributed by atoms with E-state index in [1.807, 2.05) is 48.8 Å². The number of allylic oxidation sites excluding steroid dienone is 6. The molecular formula is C94H72LiN4+. The minimum absolute atomic E-state index is 0. The predicted octanol–water partition coefficient (Wildman–Crippen LogP) is 20.6. The molecule has 4 heterocycles. The number of rotatable bonds is 6. The number of fused-ring (bicyclic) bond motifs is 13. The van der Waals surface area contributed by atoms with Gasteiger partial charge in [-0.2, -0.15) is 36.4 Å². The molecule has 5 heteroatoms. The third-order valence-corrected chi connectivity index (χ3v) is 21.6. The first-order chi connectivity index (χ1) is 47.6. The maximum Gasteiger partial charge on any atom is 1.00 e. The number of aromatic nitrogens is 4. The van der Waals surface area contributed by atoms with Crippen LogP contribution < -0.4 is 18.9 Å². The van der Waals surface area contributed by atoms with E-state index in [2.05, 4.69) is 310 Å². The average molecular weight is 1260 g/mol. The normalized spacial score (nSPS) is 14.9. The molecule has 10 aromatic carbocycles. The van der Waals surface area contributed by atoms with E-state index in [-0.39, 0.29) is 40.5 Å². The molecule has 0 spiro atoms. The first kappa shape index (κ1) is 62.8. The van der Waals surface area contributed by atoms with Gasteiger partial charge in [-0.05, 0) is 163 Å². The van der Waals surface area contributed by atoms with E-state index >= 15 is 0 Å². The molecule has 4 nitrogen and oxygen atoms in total. The van der Waals surface area contributed by atoms with Gasteiger partial charge >= 0.3 is 18.9 Å². The Balaban J connectivity index is 0.000000145. The molecule has 0 unspecified atom stereocenters. The summed E-state index contributed by atoms with van der Waals surface area (Å²) in [6.07, 6.45) is 13.5. The topological polar surface area (TPSA) is 51.6 Å². The summed E-state index contributed by atoms with van der Waals surface area (Å²) in [5, 5.41) is 2.08. The fourth-order valence-corrected chi connectivity index (χ4v) is 16.3. The molecule has 5 aliphatic carbocycles. The second-order valence-corrected chi connectivity index (χ2v) is 28.8. The second kappa shape index (κ2) is 24.2. The summed E-state index contributed by atoms with van der Waals surface area (Å²) >= 11 is 0. The third-order valence-electron chi connectivity index (χ3n) is 21.6. The summed E-state index contributed by atoms with van der Waals surface area (Å²) in [7, 11) is 0. The van der Waals surface area contributed by atoms with E-state index in [4.69, 9.17) is 19.9 Å². The van der Waals surface area contributed by atoms with Crippen molar-refractivity contribution < 1.29 is 18.9 Å². The number of hydrogen-bond donors (Lipinski definition) is 0. The van der Waals surface area contributed by atoms with E-state index < -0.39 is 0 Å². The molecule has 0 saturated carbocycles. The molecule has 5 aliphatic rings. The average Bonchev–Trinajstić information content (AvgIpc) is 1.66. The molecule has 0 fully saturated rings. The van der Waals surface area contributed by atoms with Gasteiger partial charge in [0.1, 0.15) is 12.2 Å². The number of benzene rings is 10. The maximum absolute atomic E-state index is 5.41. The molecule has 19 rings (SSSR count). The van der Waals surface area contributed by atoms with Gasteiger partial charge in [-0.15, -0.1) is 0 Å². The Morgan fingerprint density at radius 3 is 1.11 bits per heavy atom. The van der Waals surface area contributed by atoms with E-state index in [0.717, 1.165) is 66.8 Å². The molecule has 14 aromatic rings. The quantitative estimate of drug-likeness (QED) is 0.123. The van der Waals surface area contributed by atoms with Crippen molar-refractivity contribution >= 4 is 27.6 Å². The molecule has 0 aliphatic heterocycles. The van der Waals surface area contributed by atoms with E-state index in [1.54, 1.807) is 0 Å². The molecule has 0 N–H and O–H groups in total. The zero-order valence-electron chi connectivity index (χ0n) is 57.5. The summed E-state index contributed by atoms with van der Waals surface area (Å²) in [5.41, 5.74) is 36.0. The minimum Gasteiger partial charge on any atom is -0.236 e. The van der Waals surface area contributed by atoms with Crippen LogP contribution in [0.5, 0.6) is 0 Å². The van der Waals surface area contributed by atoms with Crippen molar-refractivity contribution in [2.75, 3.05) is 0 Å². The van der Waals surface area contributed by atoms with E-state index in [0.29, 0.717) is 0 Å². The van der Waals surface area contributed by atoms with Crippen LogP contribution in [0.25, 0.3) is 128 Å². The Morgan fingerprint density at radius 2 is 0.677 bits per heavy atom. The Hall–Kier alpha value is -11.0. The summed E-state index contributed by atoms with van der Waals surface area (Å²) in [4.78, 5) is 20.3. The van der Waals surface area contributed by atoms with Crippen molar-refractivity contribution in [2.24, 2.45) is 0 Å². The van der Waals surface area contributed by atoms with Crippen LogP contribution in [0.15, 0.2) is 297 Å². The molecule has 99 heavy (non-hydrogen) atoms. The van der Waals surface area contributed by atoms with Crippen molar-refractivity contribution in [1.82, 2.24) is 19.9 Å². The smallest absolute Gasteiger partial charge is 0.236 e. The Bertz CT molecular complexity index is 5460. The van der Waals surface area contributed by atoms with Gasteiger partial charge in [0.15, 0.2) is 11.3 Å². The zero-order chi connectivity index (χ0) is 66.7. The summed E-state index contributed by atoms with van der Waals surface area (Å²) in [5.74, 6) is 0. The van der Waals surface area contributed by atoms with E-state index in [1.165, 1.54) is 111 Å². The number of pyridine rings is 4. The fourth-order valence-electron chi connectivity index (χ4n) is 16.3. The van der Waals surface area contributed by atoms with Gasteiger partial charge in [0.2, 0.25) is 0 Å². The predicted molar refractivity (Wildman–Crippen MR) is 407 cm³/mol. The van der Waals surface area contributed by atoms with Gasteiger partial charge in [-0.1, -0.05) is 217 Å². The molecule has 468 valence electrons. The Morgan fingerprint density at radius 1 is 0.303 bits per heavy atom. The molecule has 0 radical (unpaired) electrons. The van der Waals surface area contributed by atoms with Crippen molar-refractivity contribution in [2.45, 2.75) is 77.0 Å². The van der Waals surface area contributed by atoms with Crippen molar-refractivity contribution in [3.05, 3.63) is 354 Å². The van der Waals surface area contributed by atoms with Crippen LogP contribution in [0.2, 0.25) is 0 Å². The van der Waals surface area contributed by atoms with Crippen molar-refractivity contribution in [3.63, 3.8) is 0 Å². The SMILES string of the molecule is CC1(C)C2=C(C=[C+]C=C2)c2ccc(-c3cnc4ncc(-c5ccc6c(c5)C(C)(C)c5ccccc5-6)cc4c3)cc21.CC1(C)c2ccccc2-c2ccc(-c3cc4cc(-c5ccc6c(c5)C(C)(C)c5ccccc5-6)c(-c5ccccc5)nc4nc3-c3ccccc3)cc21.[Li+].[c-]1ccccc1. The van der Waals surface area contributed by atoms with Crippen LogP contribution in [0, 0.1) is 12.1 Å². The minimum atomic E-state index is -0.0978. The van der Waals surface area contributed by atoms with Crippen molar-refractivity contribution in [1.29, 1.82) is 0 Å². The van der Waals surface area contributed by atoms with Crippen molar-refractivity contribution in [3.8, 4) is 100 Å². The van der Waals surface area contributed by atoms with Crippen LogP contribution in [0.4, 0.5) is 0 Å². The van der Waals surface area contributed by atoms with Crippen LogP contribution in [-0.2, 0) is 21.7 Å².